The van der Waals surface area contributed by atoms with Gasteiger partial charge in [0.1, 0.15) is 0 Å². The molecule has 0 saturated heterocycles. The van der Waals surface area contributed by atoms with Crippen molar-refractivity contribution in [3.8, 4) is 0 Å². The second-order valence-corrected chi connectivity index (χ2v) is 7.10. The lowest BCUT2D eigenvalue weighted by molar-refractivity contribution is 0.0699. The van der Waals surface area contributed by atoms with Gasteiger partial charge in [-0.25, -0.2) is 0 Å². The van der Waals surface area contributed by atoms with Crippen LogP contribution in [0.25, 0.3) is 0 Å². The molecule has 0 aliphatic carbocycles. The molecule has 1 atom stereocenters. The van der Waals surface area contributed by atoms with Crippen molar-refractivity contribution in [2.24, 2.45) is 16.7 Å². The standard InChI is InChI=1S/C15H32.C3H8.C2H6/c1-8-11-13(9-2)12-15(6,7)14(4,5)10-3;1-3-2;1-2/h13H,8-12H2,1-7H3;3H2,1-2H3;1-2H3. The summed E-state index contributed by atoms with van der Waals surface area (Å²) >= 11 is 0. The van der Waals surface area contributed by atoms with Gasteiger partial charge in [0.2, 0.25) is 0 Å². The Morgan fingerprint density at radius 2 is 1.15 bits per heavy atom. The molecular weight excluding hydrogens is 240 g/mol. The molecule has 0 fully saturated rings. The Morgan fingerprint density at radius 3 is 1.40 bits per heavy atom. The van der Waals surface area contributed by atoms with Gasteiger partial charge in [-0.3, -0.25) is 0 Å². The summed E-state index contributed by atoms with van der Waals surface area (Å²) < 4.78 is 0. The monoisotopic (exact) mass is 286 g/mol. The molecule has 20 heavy (non-hydrogen) atoms. The Kier molecular flexibility index (Phi) is 17.4. The lowest BCUT2D eigenvalue weighted by Crippen LogP contribution is -2.33. The quantitative estimate of drug-likeness (QED) is 0.443. The van der Waals surface area contributed by atoms with Crippen molar-refractivity contribution in [1.82, 2.24) is 0 Å². The number of rotatable bonds is 7. The number of hydrogen-bond donors (Lipinski definition) is 0. The van der Waals surface area contributed by atoms with E-state index in [2.05, 4.69) is 62.3 Å². The summed E-state index contributed by atoms with van der Waals surface area (Å²) in [4.78, 5) is 0. The van der Waals surface area contributed by atoms with Crippen molar-refractivity contribution in [2.75, 3.05) is 0 Å². The fourth-order valence-corrected chi connectivity index (χ4v) is 2.34. The zero-order valence-corrected chi connectivity index (χ0v) is 16.8. The summed E-state index contributed by atoms with van der Waals surface area (Å²) in [5, 5.41) is 0. The van der Waals surface area contributed by atoms with Gasteiger partial charge in [0.25, 0.3) is 0 Å². The van der Waals surface area contributed by atoms with Crippen LogP contribution in [0.2, 0.25) is 0 Å². The third kappa shape index (κ3) is 10.7. The first-order valence-corrected chi connectivity index (χ1v) is 9.22. The Balaban J connectivity index is -0.000000505. The van der Waals surface area contributed by atoms with Crippen LogP contribution in [-0.4, -0.2) is 0 Å². The van der Waals surface area contributed by atoms with Gasteiger partial charge in [-0.05, 0) is 23.2 Å². The summed E-state index contributed by atoms with van der Waals surface area (Å²) in [7, 11) is 0. The molecule has 0 radical (unpaired) electrons. The second kappa shape index (κ2) is 14.0. The normalized spacial score (nSPS) is 12.8. The number of hydrogen-bond acceptors (Lipinski definition) is 0. The van der Waals surface area contributed by atoms with Gasteiger partial charge >= 0.3 is 0 Å². The van der Waals surface area contributed by atoms with E-state index in [4.69, 9.17) is 0 Å². The maximum Gasteiger partial charge on any atom is -0.0300 e. The molecular formula is C20H46. The van der Waals surface area contributed by atoms with Crippen LogP contribution < -0.4 is 0 Å². The fraction of sp³-hybridized carbons (Fsp3) is 1.00. The van der Waals surface area contributed by atoms with Gasteiger partial charge in [0, 0.05) is 0 Å². The molecule has 0 aromatic heterocycles. The minimum atomic E-state index is 0.466. The summed E-state index contributed by atoms with van der Waals surface area (Å²) in [6.07, 6.45) is 8.00. The van der Waals surface area contributed by atoms with E-state index in [1.807, 2.05) is 13.8 Å². The minimum absolute atomic E-state index is 0.466. The average molecular weight is 287 g/mol. The van der Waals surface area contributed by atoms with Crippen molar-refractivity contribution < 1.29 is 0 Å². The highest BCUT2D eigenvalue weighted by Crippen LogP contribution is 2.46. The van der Waals surface area contributed by atoms with Crippen molar-refractivity contribution in [1.29, 1.82) is 0 Å². The highest BCUT2D eigenvalue weighted by molar-refractivity contribution is 4.86. The lowest BCUT2D eigenvalue weighted by atomic mass is 9.62. The third-order valence-electron chi connectivity index (χ3n) is 4.79. The molecule has 0 N–H and O–H groups in total. The molecule has 0 heteroatoms. The molecule has 0 aliphatic heterocycles. The van der Waals surface area contributed by atoms with E-state index in [0.717, 1.165) is 5.92 Å². The van der Waals surface area contributed by atoms with Crippen LogP contribution >= 0.6 is 0 Å². The van der Waals surface area contributed by atoms with Crippen LogP contribution in [0.4, 0.5) is 0 Å². The van der Waals surface area contributed by atoms with Crippen molar-refractivity contribution in [3.05, 3.63) is 0 Å². The topological polar surface area (TPSA) is 0 Å². The van der Waals surface area contributed by atoms with E-state index in [1.54, 1.807) is 0 Å². The molecule has 0 aromatic rings. The van der Waals surface area contributed by atoms with E-state index in [9.17, 15) is 0 Å². The zero-order chi connectivity index (χ0) is 16.8. The third-order valence-corrected chi connectivity index (χ3v) is 4.79. The van der Waals surface area contributed by atoms with Crippen LogP contribution in [0.1, 0.15) is 115 Å². The smallest absolute Gasteiger partial charge is 0.0300 e. The van der Waals surface area contributed by atoms with E-state index >= 15 is 0 Å². The first-order chi connectivity index (χ1) is 9.22. The molecule has 0 rings (SSSR count). The van der Waals surface area contributed by atoms with E-state index in [-0.39, 0.29) is 0 Å². The molecule has 0 aromatic carbocycles. The Labute approximate surface area is 132 Å². The van der Waals surface area contributed by atoms with Crippen LogP contribution in [0.5, 0.6) is 0 Å². The van der Waals surface area contributed by atoms with Crippen molar-refractivity contribution in [2.45, 2.75) is 115 Å². The van der Waals surface area contributed by atoms with Crippen LogP contribution in [-0.2, 0) is 0 Å². The maximum atomic E-state index is 2.45. The van der Waals surface area contributed by atoms with Gasteiger partial charge in [0.15, 0.2) is 0 Å². The fourth-order valence-electron chi connectivity index (χ4n) is 2.34. The van der Waals surface area contributed by atoms with Gasteiger partial charge in [-0.1, -0.05) is 108 Å². The predicted octanol–water partition coefficient (Wildman–Crippen LogP) is 8.11. The molecule has 0 bridgehead atoms. The SMILES string of the molecule is CC.CCC.CCCC(CC)CC(C)(C)C(C)(C)CC. The first-order valence-electron chi connectivity index (χ1n) is 9.22. The molecule has 0 amide bonds. The summed E-state index contributed by atoms with van der Waals surface area (Å²) in [5.41, 5.74) is 0.936. The van der Waals surface area contributed by atoms with Crippen LogP contribution in [0, 0.1) is 16.7 Å². The molecule has 0 saturated carbocycles. The molecule has 126 valence electrons. The molecule has 0 heterocycles. The van der Waals surface area contributed by atoms with Gasteiger partial charge in [-0.15, -0.1) is 0 Å². The molecule has 0 aliphatic rings. The Hall–Kier alpha value is 0. The maximum absolute atomic E-state index is 2.45. The average Bonchev–Trinajstić information content (AvgIpc) is 2.41. The zero-order valence-electron chi connectivity index (χ0n) is 16.8. The lowest BCUT2D eigenvalue weighted by Gasteiger charge is -2.43. The summed E-state index contributed by atoms with van der Waals surface area (Å²) in [5.74, 6) is 0.927. The highest BCUT2D eigenvalue weighted by atomic mass is 14.4. The molecule has 0 spiro atoms. The molecule has 1 unspecified atom stereocenters. The second-order valence-electron chi connectivity index (χ2n) is 7.10. The van der Waals surface area contributed by atoms with Gasteiger partial charge in [0.05, 0.1) is 0 Å². The minimum Gasteiger partial charge on any atom is -0.0683 e. The van der Waals surface area contributed by atoms with E-state index in [0.29, 0.717) is 10.8 Å². The molecule has 0 nitrogen and oxygen atoms in total. The summed E-state index contributed by atoms with van der Waals surface area (Å²) in [6.45, 7) is 25.0. The van der Waals surface area contributed by atoms with Crippen LogP contribution in [0.3, 0.4) is 0 Å². The van der Waals surface area contributed by atoms with E-state index in [1.165, 1.54) is 38.5 Å². The first kappa shape index (κ1) is 25.0. The predicted molar refractivity (Wildman–Crippen MR) is 98.5 cm³/mol. The Bertz CT molecular complexity index is 176. The van der Waals surface area contributed by atoms with E-state index < -0.39 is 0 Å². The summed E-state index contributed by atoms with van der Waals surface area (Å²) in [6, 6.07) is 0. The largest absolute Gasteiger partial charge is 0.0683 e. The van der Waals surface area contributed by atoms with Gasteiger partial charge < -0.3 is 0 Å². The highest BCUT2D eigenvalue weighted by Gasteiger charge is 2.36. The van der Waals surface area contributed by atoms with Crippen molar-refractivity contribution in [3.63, 3.8) is 0 Å². The van der Waals surface area contributed by atoms with Crippen molar-refractivity contribution >= 4 is 0 Å². The van der Waals surface area contributed by atoms with Crippen LogP contribution in [0.15, 0.2) is 0 Å². The Morgan fingerprint density at radius 1 is 0.750 bits per heavy atom. The van der Waals surface area contributed by atoms with Gasteiger partial charge in [-0.2, -0.15) is 0 Å².